The van der Waals surface area contributed by atoms with Gasteiger partial charge in [-0.15, -0.1) is 0 Å². The third kappa shape index (κ3) is 5.55. The summed E-state index contributed by atoms with van der Waals surface area (Å²) in [6, 6.07) is 11.4. The lowest BCUT2D eigenvalue weighted by atomic mass is 9.96. The SMILES string of the molecule is COc1ccc(CCN2C(=O)/C(=C\c3c(N4CCC(C(N)=O)CC4)nc4ccc(C)cn4c3=O)SC2=S)cc1. The Morgan fingerprint density at radius 2 is 1.90 bits per heavy atom. The largest absolute Gasteiger partial charge is 0.497 e. The molecule has 3 aromatic rings. The van der Waals surface area contributed by atoms with Crippen LogP contribution in [-0.4, -0.2) is 57.2 Å². The van der Waals surface area contributed by atoms with Crippen molar-refractivity contribution in [2.24, 2.45) is 11.7 Å². The minimum Gasteiger partial charge on any atom is -0.497 e. The van der Waals surface area contributed by atoms with Gasteiger partial charge in [-0.05, 0) is 61.6 Å². The Balaban J connectivity index is 1.46. The van der Waals surface area contributed by atoms with Crippen LogP contribution in [0.1, 0.15) is 29.5 Å². The number of hydrogen-bond donors (Lipinski definition) is 1. The van der Waals surface area contributed by atoms with Crippen LogP contribution < -0.4 is 20.9 Å². The van der Waals surface area contributed by atoms with Crippen LogP contribution in [0.3, 0.4) is 0 Å². The van der Waals surface area contributed by atoms with Gasteiger partial charge in [0.1, 0.15) is 21.5 Å². The molecule has 2 aliphatic heterocycles. The first-order valence-corrected chi connectivity index (χ1v) is 13.9. The quantitative estimate of drug-likeness (QED) is 0.345. The second-order valence-corrected chi connectivity index (χ2v) is 11.4. The van der Waals surface area contributed by atoms with Crippen LogP contribution in [0.5, 0.6) is 5.75 Å². The van der Waals surface area contributed by atoms with Gasteiger partial charge >= 0.3 is 0 Å². The van der Waals surface area contributed by atoms with Gasteiger partial charge in [-0.2, -0.15) is 0 Å². The van der Waals surface area contributed by atoms with E-state index < -0.39 is 0 Å². The van der Waals surface area contributed by atoms with E-state index in [1.165, 1.54) is 16.2 Å². The Labute approximate surface area is 235 Å². The summed E-state index contributed by atoms with van der Waals surface area (Å²) in [6.45, 7) is 3.40. The number of carbonyl (C=O) groups is 2. The first-order valence-electron chi connectivity index (χ1n) is 12.7. The number of aromatic nitrogens is 2. The highest BCUT2D eigenvalue weighted by atomic mass is 32.2. The van der Waals surface area contributed by atoms with E-state index in [-0.39, 0.29) is 23.3 Å². The number of piperidine rings is 1. The molecule has 2 aliphatic rings. The summed E-state index contributed by atoms with van der Waals surface area (Å²) in [7, 11) is 1.62. The predicted molar refractivity (Wildman–Crippen MR) is 157 cm³/mol. The van der Waals surface area contributed by atoms with Crippen LogP contribution in [0.25, 0.3) is 11.7 Å². The number of anilines is 1. The summed E-state index contributed by atoms with van der Waals surface area (Å²) in [6.07, 6.45) is 5.15. The number of ether oxygens (including phenoxy) is 1. The summed E-state index contributed by atoms with van der Waals surface area (Å²) in [5.74, 6) is 0.527. The second-order valence-electron chi connectivity index (χ2n) is 9.68. The lowest BCUT2D eigenvalue weighted by Gasteiger charge is -2.32. The third-order valence-electron chi connectivity index (χ3n) is 7.11. The van der Waals surface area contributed by atoms with Gasteiger partial charge in [0.25, 0.3) is 11.5 Å². The van der Waals surface area contributed by atoms with Crippen molar-refractivity contribution in [1.29, 1.82) is 0 Å². The van der Waals surface area contributed by atoms with E-state index in [9.17, 15) is 14.4 Å². The molecule has 39 heavy (non-hydrogen) atoms. The van der Waals surface area contributed by atoms with Crippen molar-refractivity contribution in [1.82, 2.24) is 14.3 Å². The Morgan fingerprint density at radius 3 is 2.56 bits per heavy atom. The van der Waals surface area contributed by atoms with Crippen LogP contribution in [0, 0.1) is 12.8 Å². The smallest absolute Gasteiger partial charge is 0.267 e. The molecule has 0 saturated carbocycles. The topological polar surface area (TPSA) is 110 Å². The number of fused-ring (bicyclic) bond motifs is 1. The fourth-order valence-electron chi connectivity index (χ4n) is 4.85. The first-order chi connectivity index (χ1) is 18.7. The average molecular weight is 564 g/mol. The number of aryl methyl sites for hydroxylation is 1. The van der Waals surface area contributed by atoms with Crippen molar-refractivity contribution in [3.05, 3.63) is 74.5 Å². The standard InChI is InChI=1S/C28H29N5O4S2/c1-17-3-8-23-30-25(31-12-10-19(11-13-31)24(29)34)21(26(35)33(23)16-17)15-22-27(36)32(28(38)39-22)14-9-18-4-6-20(37-2)7-5-18/h3-8,15-16,19H,9-14H2,1-2H3,(H2,29,34)/b22-15+. The van der Waals surface area contributed by atoms with Crippen LogP contribution >= 0.6 is 24.0 Å². The van der Waals surface area contributed by atoms with Gasteiger partial charge < -0.3 is 15.4 Å². The maximum Gasteiger partial charge on any atom is 0.267 e. The number of rotatable bonds is 7. The number of amides is 2. The van der Waals surface area contributed by atoms with E-state index in [0.717, 1.165) is 16.9 Å². The third-order valence-corrected chi connectivity index (χ3v) is 8.49. The summed E-state index contributed by atoms with van der Waals surface area (Å²) in [5, 5.41) is 0. The highest BCUT2D eigenvalue weighted by molar-refractivity contribution is 8.26. The minimum absolute atomic E-state index is 0.198. The number of nitrogens with zero attached hydrogens (tertiary/aromatic N) is 4. The van der Waals surface area contributed by atoms with Crippen molar-refractivity contribution in [2.75, 3.05) is 31.6 Å². The number of thioether (sulfide) groups is 1. The molecule has 2 fully saturated rings. The van der Waals surface area contributed by atoms with E-state index in [1.54, 1.807) is 30.3 Å². The zero-order valence-corrected chi connectivity index (χ0v) is 23.4. The maximum atomic E-state index is 13.7. The van der Waals surface area contributed by atoms with Crippen molar-refractivity contribution < 1.29 is 14.3 Å². The molecule has 0 spiro atoms. The minimum atomic E-state index is -0.310. The lowest BCUT2D eigenvalue weighted by molar-refractivity contribution is -0.123. The molecule has 0 aliphatic carbocycles. The molecule has 2 amide bonds. The van der Waals surface area contributed by atoms with Crippen LogP contribution in [0.4, 0.5) is 5.82 Å². The van der Waals surface area contributed by atoms with E-state index in [0.29, 0.717) is 65.2 Å². The number of carbonyl (C=O) groups excluding carboxylic acids is 2. The summed E-state index contributed by atoms with van der Waals surface area (Å²) < 4.78 is 7.17. The van der Waals surface area contributed by atoms with Crippen molar-refractivity contribution in [2.45, 2.75) is 26.2 Å². The van der Waals surface area contributed by atoms with E-state index in [1.807, 2.05) is 42.2 Å². The van der Waals surface area contributed by atoms with Crippen molar-refractivity contribution in [3.63, 3.8) is 0 Å². The second kappa shape index (κ2) is 11.2. The molecular formula is C28H29N5O4S2. The van der Waals surface area contributed by atoms with Crippen molar-refractivity contribution >= 4 is 57.7 Å². The molecule has 2 aromatic heterocycles. The fourth-order valence-corrected chi connectivity index (χ4v) is 6.14. The zero-order valence-electron chi connectivity index (χ0n) is 21.8. The van der Waals surface area contributed by atoms with Crippen LogP contribution in [0.2, 0.25) is 0 Å². The monoisotopic (exact) mass is 563 g/mol. The first kappa shape index (κ1) is 26.9. The molecule has 5 rings (SSSR count). The maximum absolute atomic E-state index is 13.7. The Bertz CT molecular complexity index is 1540. The molecule has 2 saturated heterocycles. The zero-order chi connectivity index (χ0) is 27.7. The van der Waals surface area contributed by atoms with Gasteiger partial charge in [-0.1, -0.05) is 42.2 Å². The molecule has 0 bridgehead atoms. The highest BCUT2D eigenvalue weighted by Crippen LogP contribution is 2.34. The highest BCUT2D eigenvalue weighted by Gasteiger charge is 2.33. The van der Waals surface area contributed by atoms with Gasteiger partial charge in [-0.3, -0.25) is 23.7 Å². The van der Waals surface area contributed by atoms with Gasteiger partial charge in [0.05, 0.1) is 17.6 Å². The Morgan fingerprint density at radius 1 is 1.18 bits per heavy atom. The number of hydrogen-bond acceptors (Lipinski definition) is 8. The number of pyridine rings is 1. The molecule has 0 unspecified atom stereocenters. The molecule has 202 valence electrons. The van der Waals surface area contributed by atoms with Crippen LogP contribution in [-0.2, 0) is 16.0 Å². The lowest BCUT2D eigenvalue weighted by Crippen LogP contribution is -2.40. The molecule has 0 atom stereocenters. The van der Waals surface area contributed by atoms with Crippen LogP contribution in [0.15, 0.2) is 52.3 Å². The van der Waals surface area contributed by atoms with Gasteiger partial charge in [-0.25, -0.2) is 4.98 Å². The summed E-state index contributed by atoms with van der Waals surface area (Å²) >= 11 is 6.73. The summed E-state index contributed by atoms with van der Waals surface area (Å²) in [5.41, 5.74) is 8.07. The van der Waals surface area contributed by atoms with E-state index >= 15 is 0 Å². The number of nitrogens with two attached hydrogens (primary N) is 1. The average Bonchev–Trinajstić information content (AvgIpc) is 3.21. The molecule has 11 heteroatoms. The molecular weight excluding hydrogens is 534 g/mol. The number of benzene rings is 1. The predicted octanol–water partition coefficient (Wildman–Crippen LogP) is 3.16. The van der Waals surface area contributed by atoms with Gasteiger partial charge in [0, 0.05) is 31.7 Å². The van der Waals surface area contributed by atoms with Crippen molar-refractivity contribution in [3.8, 4) is 5.75 Å². The molecule has 9 nitrogen and oxygen atoms in total. The molecule has 2 N–H and O–H groups in total. The summed E-state index contributed by atoms with van der Waals surface area (Å²) in [4.78, 5) is 47.6. The Kier molecular flexibility index (Phi) is 7.72. The normalized spacial score (nSPS) is 17.4. The Hall–Kier alpha value is -3.70. The number of methoxy groups -OCH3 is 1. The van der Waals surface area contributed by atoms with Gasteiger partial charge in [0.15, 0.2) is 0 Å². The number of thiocarbonyl (C=S) groups is 1. The van der Waals surface area contributed by atoms with Gasteiger partial charge in [0.2, 0.25) is 5.91 Å². The number of primary amides is 1. The molecule has 0 radical (unpaired) electrons. The van der Waals surface area contributed by atoms with E-state index in [4.69, 9.17) is 27.7 Å². The molecule has 1 aromatic carbocycles. The fraction of sp³-hybridized carbons (Fsp3) is 0.321. The van der Waals surface area contributed by atoms with E-state index in [2.05, 4.69) is 0 Å². The molecule has 4 heterocycles.